The molecule has 1 atom stereocenters. The molecule has 0 spiro atoms. The van der Waals surface area contributed by atoms with Gasteiger partial charge in [0.1, 0.15) is 5.75 Å². The van der Waals surface area contributed by atoms with E-state index in [1.54, 1.807) is 0 Å². The van der Waals surface area contributed by atoms with Crippen molar-refractivity contribution in [2.24, 2.45) is 0 Å². The molecule has 0 radical (unpaired) electrons. The minimum atomic E-state index is 0. The molecule has 1 aromatic carbocycles. The lowest BCUT2D eigenvalue weighted by Gasteiger charge is -2.35. The van der Waals surface area contributed by atoms with Gasteiger partial charge in [0.05, 0.1) is 0 Å². The van der Waals surface area contributed by atoms with E-state index in [2.05, 4.69) is 29.3 Å². The number of hydrogen-bond acceptors (Lipinski definition) is 3. The molecule has 1 fully saturated rings. The maximum atomic E-state index is 10.4. The Morgan fingerprint density at radius 3 is 2.50 bits per heavy atom. The molecular weight excluding hydrogens is 319 g/mol. The van der Waals surface area contributed by atoms with Gasteiger partial charge in [0.25, 0.3) is 0 Å². The molecule has 0 unspecified atom stereocenters. The number of nitrogens with one attached hydrogen (secondary N) is 1. The molecule has 0 bridgehead atoms. The van der Waals surface area contributed by atoms with Crippen LogP contribution in [0.25, 0.3) is 0 Å². The molecule has 3 nitrogen and oxygen atoms in total. The number of phenolic OH excluding ortho intramolecular Hbond substituents is 1. The van der Waals surface area contributed by atoms with Gasteiger partial charge >= 0.3 is 0 Å². The van der Waals surface area contributed by atoms with Gasteiger partial charge in [0, 0.05) is 37.8 Å². The Bertz CT molecular complexity index is 423. The van der Waals surface area contributed by atoms with Crippen LogP contribution in [-0.4, -0.2) is 36.2 Å². The number of rotatable bonds is 6. The Balaban J connectivity index is 0.00000220. The van der Waals surface area contributed by atoms with Crippen molar-refractivity contribution >= 4 is 24.8 Å². The quantitative estimate of drug-likeness (QED) is 0.760. The van der Waals surface area contributed by atoms with Crippen molar-refractivity contribution < 1.29 is 5.11 Å². The van der Waals surface area contributed by atoms with Gasteiger partial charge in [-0.05, 0) is 18.9 Å². The maximum absolute atomic E-state index is 10.4. The van der Waals surface area contributed by atoms with Crippen LogP contribution < -0.4 is 5.32 Å². The Kier molecular flexibility index (Phi) is 10.9. The first-order valence-corrected chi connectivity index (χ1v) is 7.97. The zero-order valence-corrected chi connectivity index (χ0v) is 15.3. The second kappa shape index (κ2) is 11.1. The average molecular weight is 349 g/mol. The van der Waals surface area contributed by atoms with Gasteiger partial charge in [-0.15, -0.1) is 24.8 Å². The van der Waals surface area contributed by atoms with Crippen LogP contribution in [0.15, 0.2) is 18.2 Å². The second-order valence-electron chi connectivity index (χ2n) is 5.81. The van der Waals surface area contributed by atoms with Crippen LogP contribution >= 0.6 is 24.8 Å². The monoisotopic (exact) mass is 348 g/mol. The summed E-state index contributed by atoms with van der Waals surface area (Å²) in [7, 11) is 0. The van der Waals surface area contributed by atoms with Crippen molar-refractivity contribution in [3.8, 4) is 5.75 Å². The molecule has 128 valence electrons. The third-order valence-corrected chi connectivity index (χ3v) is 4.30. The van der Waals surface area contributed by atoms with Crippen LogP contribution in [0, 0.1) is 6.92 Å². The number of aromatic hydroxyl groups is 1. The number of piperazine rings is 1. The van der Waals surface area contributed by atoms with Gasteiger partial charge in [-0.3, -0.25) is 4.90 Å². The fourth-order valence-corrected chi connectivity index (χ4v) is 3.07. The highest BCUT2D eigenvalue weighted by atomic mass is 35.5. The summed E-state index contributed by atoms with van der Waals surface area (Å²) in [6.45, 7) is 8.48. The normalized spacial score (nSPS) is 16.5. The van der Waals surface area contributed by atoms with Crippen molar-refractivity contribution in [2.45, 2.75) is 45.6 Å². The fourth-order valence-electron chi connectivity index (χ4n) is 3.07. The second-order valence-corrected chi connectivity index (χ2v) is 5.81. The predicted octanol–water partition coefficient (Wildman–Crippen LogP) is 4.07. The molecule has 2 rings (SSSR count). The molecular formula is C17H30Cl2N2O. The van der Waals surface area contributed by atoms with Crippen molar-refractivity contribution in [1.82, 2.24) is 10.2 Å². The van der Waals surface area contributed by atoms with Crippen LogP contribution in [0.4, 0.5) is 0 Å². The van der Waals surface area contributed by atoms with Crippen molar-refractivity contribution in [2.75, 3.05) is 26.2 Å². The summed E-state index contributed by atoms with van der Waals surface area (Å²) in [5, 5.41) is 13.8. The van der Waals surface area contributed by atoms with E-state index in [0.29, 0.717) is 11.8 Å². The summed E-state index contributed by atoms with van der Waals surface area (Å²) in [5.41, 5.74) is 2.10. The molecule has 5 heteroatoms. The number of aryl methyl sites for hydroxylation is 1. The smallest absolute Gasteiger partial charge is 0.123 e. The molecule has 0 amide bonds. The highest BCUT2D eigenvalue weighted by Crippen LogP contribution is 2.34. The standard InChI is InChI=1S/C17H28N2O.2ClH/c1-3-4-5-9-16(19-12-10-18-11-13-19)15-8-6-7-14(2)17(15)20;;/h6-8,16,18,20H,3-5,9-13H2,1-2H3;2*1H/t16-;;/m0../s1. The van der Waals surface area contributed by atoms with Gasteiger partial charge in [-0.25, -0.2) is 0 Å². The van der Waals surface area contributed by atoms with Gasteiger partial charge in [0.15, 0.2) is 0 Å². The largest absolute Gasteiger partial charge is 0.507 e. The Labute approximate surface area is 147 Å². The van der Waals surface area contributed by atoms with E-state index in [1.807, 2.05) is 13.0 Å². The summed E-state index contributed by atoms with van der Waals surface area (Å²) < 4.78 is 0. The van der Waals surface area contributed by atoms with Gasteiger partial charge in [-0.2, -0.15) is 0 Å². The molecule has 0 saturated carbocycles. The van der Waals surface area contributed by atoms with E-state index < -0.39 is 0 Å². The minimum absolute atomic E-state index is 0. The van der Waals surface area contributed by atoms with Gasteiger partial charge in [0.2, 0.25) is 0 Å². The van der Waals surface area contributed by atoms with Crippen LogP contribution in [0.3, 0.4) is 0 Å². The van der Waals surface area contributed by atoms with Crippen LogP contribution in [0.5, 0.6) is 5.75 Å². The predicted molar refractivity (Wildman–Crippen MR) is 98.7 cm³/mol. The lowest BCUT2D eigenvalue weighted by atomic mass is 9.95. The molecule has 1 aliphatic rings. The first-order chi connectivity index (χ1) is 9.74. The van der Waals surface area contributed by atoms with E-state index in [-0.39, 0.29) is 24.8 Å². The van der Waals surface area contributed by atoms with Gasteiger partial charge in [-0.1, -0.05) is 44.4 Å². The number of hydrogen-bond donors (Lipinski definition) is 2. The summed E-state index contributed by atoms with van der Waals surface area (Å²) in [4.78, 5) is 2.53. The molecule has 2 N–H and O–H groups in total. The molecule has 22 heavy (non-hydrogen) atoms. The van der Waals surface area contributed by atoms with Crippen molar-refractivity contribution in [3.63, 3.8) is 0 Å². The zero-order valence-electron chi connectivity index (χ0n) is 13.7. The fraction of sp³-hybridized carbons (Fsp3) is 0.647. The van der Waals surface area contributed by atoms with Crippen molar-refractivity contribution in [1.29, 1.82) is 0 Å². The Morgan fingerprint density at radius 2 is 1.86 bits per heavy atom. The van der Waals surface area contributed by atoms with E-state index in [1.165, 1.54) is 19.3 Å². The third-order valence-electron chi connectivity index (χ3n) is 4.30. The summed E-state index contributed by atoms with van der Waals surface area (Å²) in [6, 6.07) is 6.52. The summed E-state index contributed by atoms with van der Waals surface area (Å²) in [5.74, 6) is 0.493. The number of para-hydroxylation sites is 1. The number of halogens is 2. The number of phenols is 1. The maximum Gasteiger partial charge on any atom is 0.123 e. The molecule has 0 aliphatic carbocycles. The molecule has 1 heterocycles. The van der Waals surface area contributed by atoms with Crippen LogP contribution in [0.2, 0.25) is 0 Å². The molecule has 1 aromatic rings. The Morgan fingerprint density at radius 1 is 1.18 bits per heavy atom. The topological polar surface area (TPSA) is 35.5 Å². The van der Waals surface area contributed by atoms with E-state index in [4.69, 9.17) is 0 Å². The minimum Gasteiger partial charge on any atom is -0.507 e. The molecule has 0 aromatic heterocycles. The van der Waals surface area contributed by atoms with E-state index in [0.717, 1.165) is 43.7 Å². The Hall–Kier alpha value is -0.480. The number of unbranched alkanes of at least 4 members (excludes halogenated alkanes) is 2. The number of nitrogens with zero attached hydrogens (tertiary/aromatic N) is 1. The van der Waals surface area contributed by atoms with Crippen LogP contribution in [0.1, 0.15) is 49.8 Å². The van der Waals surface area contributed by atoms with Gasteiger partial charge < -0.3 is 10.4 Å². The average Bonchev–Trinajstić information content (AvgIpc) is 2.48. The highest BCUT2D eigenvalue weighted by Gasteiger charge is 2.24. The van der Waals surface area contributed by atoms with Crippen molar-refractivity contribution in [3.05, 3.63) is 29.3 Å². The third kappa shape index (κ3) is 5.62. The summed E-state index contributed by atoms with van der Waals surface area (Å²) in [6.07, 6.45) is 4.90. The first-order valence-electron chi connectivity index (χ1n) is 7.97. The SMILES string of the molecule is CCCCC[C@@H](c1cccc(C)c1O)N1CCNCC1.Cl.Cl. The highest BCUT2D eigenvalue weighted by molar-refractivity contribution is 5.85. The lowest BCUT2D eigenvalue weighted by molar-refractivity contribution is 0.160. The molecule has 1 aliphatic heterocycles. The number of benzene rings is 1. The lowest BCUT2D eigenvalue weighted by Crippen LogP contribution is -2.45. The molecule has 1 saturated heterocycles. The summed E-state index contributed by atoms with van der Waals surface area (Å²) >= 11 is 0. The van der Waals surface area contributed by atoms with E-state index in [9.17, 15) is 5.11 Å². The van der Waals surface area contributed by atoms with Crippen LogP contribution in [-0.2, 0) is 0 Å². The first kappa shape index (κ1) is 21.5. The van der Waals surface area contributed by atoms with E-state index >= 15 is 0 Å². The zero-order chi connectivity index (χ0) is 14.4.